The Balaban J connectivity index is 2.09. The second-order valence-corrected chi connectivity index (χ2v) is 7.67. The van der Waals surface area contributed by atoms with Gasteiger partial charge in [-0.05, 0) is 26.8 Å². The molecule has 2 heterocycles. The van der Waals surface area contributed by atoms with E-state index in [1.54, 1.807) is 7.11 Å². The van der Waals surface area contributed by atoms with Crippen LogP contribution in [0.15, 0.2) is 23.2 Å². The van der Waals surface area contributed by atoms with Crippen LogP contribution >= 0.6 is 11.8 Å². The van der Waals surface area contributed by atoms with Gasteiger partial charge in [0, 0.05) is 36.2 Å². The van der Waals surface area contributed by atoms with E-state index in [1.165, 1.54) is 0 Å². The fourth-order valence-corrected chi connectivity index (χ4v) is 3.55. The lowest BCUT2D eigenvalue weighted by Gasteiger charge is -2.39. The molecule has 122 valence electrons. The summed E-state index contributed by atoms with van der Waals surface area (Å²) in [6.07, 6.45) is 0. The van der Waals surface area contributed by atoms with E-state index in [-0.39, 0.29) is 4.75 Å². The molecule has 0 atom stereocenters. The molecule has 5 nitrogen and oxygen atoms in total. The molecule has 22 heavy (non-hydrogen) atoms. The van der Waals surface area contributed by atoms with Gasteiger partial charge >= 0.3 is 0 Å². The van der Waals surface area contributed by atoms with Gasteiger partial charge in [0.25, 0.3) is 0 Å². The first-order valence-electron chi connectivity index (χ1n) is 7.71. The average molecular weight is 322 g/mol. The topological polar surface area (TPSA) is 49.8 Å². The normalized spacial score (nSPS) is 18.2. The summed E-state index contributed by atoms with van der Waals surface area (Å²) in [6, 6.07) is 5.78. The molecule has 0 saturated carbocycles. The number of aliphatic imine (C=N–C) groups is 1. The number of thioether (sulfide) groups is 1. The molecule has 1 aliphatic heterocycles. The Labute approximate surface area is 137 Å². The van der Waals surface area contributed by atoms with Crippen LogP contribution in [0, 0.1) is 0 Å². The van der Waals surface area contributed by atoms with E-state index < -0.39 is 0 Å². The zero-order valence-corrected chi connectivity index (χ0v) is 14.7. The lowest BCUT2D eigenvalue weighted by Crippen LogP contribution is -2.50. The van der Waals surface area contributed by atoms with Gasteiger partial charge < -0.3 is 15.0 Å². The summed E-state index contributed by atoms with van der Waals surface area (Å²) in [4.78, 5) is 11.5. The number of rotatable bonds is 4. The molecule has 0 bridgehead atoms. The number of hydrogen-bond donors (Lipinski definition) is 1. The molecular weight excluding hydrogens is 296 g/mol. The summed E-state index contributed by atoms with van der Waals surface area (Å²) in [5.74, 6) is 2.74. The highest BCUT2D eigenvalue weighted by Crippen LogP contribution is 2.29. The van der Waals surface area contributed by atoms with E-state index in [9.17, 15) is 0 Å². The number of nitrogens with zero attached hydrogens (tertiary/aromatic N) is 3. The van der Waals surface area contributed by atoms with Crippen molar-refractivity contribution in [2.45, 2.75) is 32.1 Å². The highest BCUT2D eigenvalue weighted by atomic mass is 32.2. The van der Waals surface area contributed by atoms with Crippen LogP contribution in [0.2, 0.25) is 0 Å². The molecule has 1 aromatic rings. The maximum atomic E-state index is 5.16. The van der Waals surface area contributed by atoms with E-state index in [0.717, 1.165) is 37.0 Å². The van der Waals surface area contributed by atoms with Crippen molar-refractivity contribution in [1.29, 1.82) is 0 Å². The van der Waals surface area contributed by atoms with Crippen LogP contribution in [0.1, 0.15) is 26.5 Å². The Morgan fingerprint density at radius 1 is 1.50 bits per heavy atom. The van der Waals surface area contributed by atoms with Crippen molar-refractivity contribution in [3.63, 3.8) is 0 Å². The van der Waals surface area contributed by atoms with Crippen LogP contribution in [0.3, 0.4) is 0 Å². The highest BCUT2D eigenvalue weighted by molar-refractivity contribution is 8.00. The van der Waals surface area contributed by atoms with Crippen LogP contribution in [-0.4, -0.2) is 53.1 Å². The van der Waals surface area contributed by atoms with Crippen molar-refractivity contribution < 1.29 is 4.74 Å². The van der Waals surface area contributed by atoms with Crippen molar-refractivity contribution in [3.05, 3.63) is 23.9 Å². The van der Waals surface area contributed by atoms with E-state index in [1.807, 2.05) is 30.0 Å². The third kappa shape index (κ3) is 4.80. The van der Waals surface area contributed by atoms with Gasteiger partial charge in [0.05, 0.1) is 19.3 Å². The molecule has 6 heteroatoms. The molecule has 0 unspecified atom stereocenters. The van der Waals surface area contributed by atoms with Crippen molar-refractivity contribution >= 4 is 17.7 Å². The highest BCUT2D eigenvalue weighted by Gasteiger charge is 2.28. The molecule has 0 radical (unpaired) electrons. The zero-order chi connectivity index (χ0) is 16.0. The maximum absolute atomic E-state index is 5.16. The lowest BCUT2D eigenvalue weighted by molar-refractivity contribution is 0.375. The van der Waals surface area contributed by atoms with Crippen LogP contribution in [0.4, 0.5) is 0 Å². The quantitative estimate of drug-likeness (QED) is 0.681. The van der Waals surface area contributed by atoms with Gasteiger partial charge in [-0.1, -0.05) is 6.07 Å². The fourth-order valence-electron chi connectivity index (χ4n) is 2.44. The van der Waals surface area contributed by atoms with Crippen molar-refractivity contribution in [2.75, 3.05) is 32.5 Å². The summed E-state index contributed by atoms with van der Waals surface area (Å²) in [6.45, 7) is 10.1. The smallest absolute Gasteiger partial charge is 0.213 e. The lowest BCUT2D eigenvalue weighted by atomic mass is 10.2. The fraction of sp³-hybridized carbons (Fsp3) is 0.625. The van der Waals surface area contributed by atoms with Crippen LogP contribution in [0.25, 0.3) is 0 Å². The number of aromatic nitrogens is 1. The van der Waals surface area contributed by atoms with Gasteiger partial charge in [-0.2, -0.15) is 11.8 Å². The molecule has 1 aliphatic rings. The monoisotopic (exact) mass is 322 g/mol. The van der Waals surface area contributed by atoms with Crippen molar-refractivity contribution in [3.8, 4) is 5.88 Å². The Hall–Kier alpha value is -1.43. The van der Waals surface area contributed by atoms with Crippen LogP contribution < -0.4 is 10.1 Å². The van der Waals surface area contributed by atoms with Gasteiger partial charge in [0.15, 0.2) is 5.96 Å². The molecular formula is C16H26N4OS. The second-order valence-electron chi connectivity index (χ2n) is 5.87. The number of guanidine groups is 1. The molecule has 1 N–H and O–H groups in total. The third-order valence-corrected chi connectivity index (χ3v) is 4.74. The van der Waals surface area contributed by atoms with Crippen LogP contribution in [0.5, 0.6) is 5.88 Å². The molecule has 1 fully saturated rings. The van der Waals surface area contributed by atoms with Gasteiger partial charge in [-0.3, -0.25) is 0 Å². The SMILES string of the molecule is CCNC(=NCc1cccc(OC)n1)N1CCSC(C)(C)C1. The summed E-state index contributed by atoms with van der Waals surface area (Å²) >= 11 is 2.03. The first kappa shape index (κ1) is 16.9. The average Bonchev–Trinajstić information content (AvgIpc) is 2.50. The van der Waals surface area contributed by atoms with E-state index >= 15 is 0 Å². The molecule has 0 spiro atoms. The Kier molecular flexibility index (Phi) is 5.94. The zero-order valence-electron chi connectivity index (χ0n) is 13.9. The van der Waals surface area contributed by atoms with E-state index in [0.29, 0.717) is 12.4 Å². The summed E-state index contributed by atoms with van der Waals surface area (Å²) in [7, 11) is 1.63. The van der Waals surface area contributed by atoms with Crippen LogP contribution in [-0.2, 0) is 6.54 Å². The number of nitrogens with one attached hydrogen (secondary N) is 1. The minimum atomic E-state index is 0.267. The van der Waals surface area contributed by atoms with E-state index in [4.69, 9.17) is 9.73 Å². The summed E-state index contributed by atoms with van der Waals surface area (Å²) in [5, 5.41) is 3.40. The number of hydrogen-bond acceptors (Lipinski definition) is 4. The first-order chi connectivity index (χ1) is 10.5. The number of pyridine rings is 1. The minimum absolute atomic E-state index is 0.267. The minimum Gasteiger partial charge on any atom is -0.481 e. The standard InChI is InChI=1S/C16H26N4OS/c1-5-17-15(20-9-10-22-16(2,3)12-20)18-11-13-7-6-8-14(19-13)21-4/h6-8H,5,9-12H2,1-4H3,(H,17,18). The largest absolute Gasteiger partial charge is 0.481 e. The van der Waals surface area contributed by atoms with Gasteiger partial charge in [0.2, 0.25) is 5.88 Å². The predicted octanol–water partition coefficient (Wildman–Crippen LogP) is 2.38. The number of ether oxygens (including phenoxy) is 1. The van der Waals surface area contributed by atoms with Crippen molar-refractivity contribution in [2.24, 2.45) is 4.99 Å². The van der Waals surface area contributed by atoms with Gasteiger partial charge in [0.1, 0.15) is 0 Å². The Bertz CT molecular complexity index is 519. The van der Waals surface area contributed by atoms with E-state index in [2.05, 4.69) is 36.0 Å². The molecule has 2 rings (SSSR count). The van der Waals surface area contributed by atoms with Crippen molar-refractivity contribution in [1.82, 2.24) is 15.2 Å². The molecule has 0 amide bonds. The molecule has 0 aromatic carbocycles. The predicted molar refractivity (Wildman–Crippen MR) is 93.7 cm³/mol. The second kappa shape index (κ2) is 7.72. The third-order valence-electron chi connectivity index (χ3n) is 3.44. The van der Waals surface area contributed by atoms with Gasteiger partial charge in [-0.15, -0.1) is 0 Å². The Morgan fingerprint density at radius 3 is 3.00 bits per heavy atom. The Morgan fingerprint density at radius 2 is 2.32 bits per heavy atom. The maximum Gasteiger partial charge on any atom is 0.213 e. The molecule has 1 saturated heterocycles. The number of methoxy groups -OCH3 is 1. The molecule has 0 aliphatic carbocycles. The van der Waals surface area contributed by atoms with Gasteiger partial charge in [-0.25, -0.2) is 9.98 Å². The summed E-state index contributed by atoms with van der Waals surface area (Å²) < 4.78 is 5.43. The summed E-state index contributed by atoms with van der Waals surface area (Å²) in [5.41, 5.74) is 0.917. The molecule has 1 aromatic heterocycles. The first-order valence-corrected chi connectivity index (χ1v) is 8.70.